The minimum atomic E-state index is -0.919. The van der Waals surface area contributed by atoms with E-state index < -0.39 is 11.6 Å². The number of nitrogens with zero attached hydrogens (tertiary/aromatic N) is 1. The fraction of sp³-hybridized carbons (Fsp3) is 0.714. The fourth-order valence-corrected chi connectivity index (χ4v) is 3.71. The van der Waals surface area contributed by atoms with Crippen molar-refractivity contribution >= 4 is 17.3 Å². The SMILES string of the molecule is COC1(c2nc(C(C)(C)C)c(C(=O)O)s2)CCOCC1. The largest absolute Gasteiger partial charge is 0.477 e. The van der Waals surface area contributed by atoms with Crippen LogP contribution in [0.2, 0.25) is 0 Å². The van der Waals surface area contributed by atoms with Crippen LogP contribution < -0.4 is 0 Å². The lowest BCUT2D eigenvalue weighted by molar-refractivity contribution is -0.0949. The number of carboxylic acids is 1. The summed E-state index contributed by atoms with van der Waals surface area (Å²) in [7, 11) is 1.66. The minimum absolute atomic E-state index is 0.303. The number of thiazole rings is 1. The Labute approximate surface area is 122 Å². The van der Waals surface area contributed by atoms with Gasteiger partial charge in [0, 0.05) is 38.6 Å². The Kier molecular flexibility index (Phi) is 4.18. The first-order valence-electron chi connectivity index (χ1n) is 6.68. The number of aromatic nitrogens is 1. The summed E-state index contributed by atoms with van der Waals surface area (Å²) in [4.78, 5) is 16.4. The normalized spacial score (nSPS) is 19.0. The smallest absolute Gasteiger partial charge is 0.347 e. The number of ether oxygens (including phenoxy) is 2. The molecule has 0 aliphatic carbocycles. The van der Waals surface area contributed by atoms with Crippen molar-refractivity contribution in [1.82, 2.24) is 4.98 Å². The standard InChI is InChI=1S/C14H21NO4S/c1-13(2,3)10-9(11(16)17)20-12(15-10)14(18-4)5-7-19-8-6-14/h5-8H2,1-4H3,(H,16,17). The molecular formula is C14H21NO4S. The molecule has 1 aromatic heterocycles. The van der Waals surface area contributed by atoms with Gasteiger partial charge in [-0.1, -0.05) is 20.8 Å². The van der Waals surface area contributed by atoms with Crippen LogP contribution in [0.1, 0.15) is 54.0 Å². The predicted octanol–water partition coefficient (Wildman–Crippen LogP) is 2.79. The number of methoxy groups -OCH3 is 1. The highest BCUT2D eigenvalue weighted by molar-refractivity contribution is 7.13. The topological polar surface area (TPSA) is 68.7 Å². The van der Waals surface area contributed by atoms with E-state index in [4.69, 9.17) is 9.47 Å². The van der Waals surface area contributed by atoms with Crippen molar-refractivity contribution in [2.75, 3.05) is 20.3 Å². The summed E-state index contributed by atoms with van der Waals surface area (Å²) in [6, 6.07) is 0. The van der Waals surface area contributed by atoms with Crippen LogP contribution in [0.4, 0.5) is 0 Å². The van der Waals surface area contributed by atoms with Crippen molar-refractivity contribution < 1.29 is 19.4 Å². The highest BCUT2D eigenvalue weighted by Gasteiger charge is 2.40. The van der Waals surface area contributed by atoms with E-state index in [1.807, 2.05) is 20.8 Å². The maximum Gasteiger partial charge on any atom is 0.347 e. The molecule has 0 amide bonds. The molecule has 1 N–H and O–H groups in total. The second-order valence-corrected chi connectivity index (χ2v) is 7.06. The molecule has 0 unspecified atom stereocenters. The highest BCUT2D eigenvalue weighted by Crippen LogP contribution is 2.41. The van der Waals surface area contributed by atoms with Gasteiger partial charge in [0.25, 0.3) is 0 Å². The molecule has 1 aliphatic heterocycles. The van der Waals surface area contributed by atoms with Gasteiger partial charge in [-0.05, 0) is 0 Å². The first-order chi connectivity index (χ1) is 9.30. The Morgan fingerprint density at radius 3 is 2.40 bits per heavy atom. The first kappa shape index (κ1) is 15.4. The highest BCUT2D eigenvalue weighted by atomic mass is 32.1. The molecule has 1 aliphatic rings. The van der Waals surface area contributed by atoms with Gasteiger partial charge >= 0.3 is 5.97 Å². The summed E-state index contributed by atoms with van der Waals surface area (Å²) in [5, 5.41) is 10.2. The van der Waals surface area contributed by atoms with Crippen molar-refractivity contribution in [2.45, 2.75) is 44.6 Å². The van der Waals surface area contributed by atoms with E-state index in [0.29, 0.717) is 36.6 Å². The Morgan fingerprint density at radius 2 is 2.00 bits per heavy atom. The Morgan fingerprint density at radius 1 is 1.40 bits per heavy atom. The molecule has 6 heteroatoms. The Hall–Kier alpha value is -0.980. The van der Waals surface area contributed by atoms with Crippen molar-refractivity contribution in [3.8, 4) is 0 Å². The molecule has 2 rings (SSSR count). The first-order valence-corrected chi connectivity index (χ1v) is 7.50. The molecule has 112 valence electrons. The lowest BCUT2D eigenvalue weighted by Gasteiger charge is -2.34. The van der Waals surface area contributed by atoms with Crippen LogP contribution in [0, 0.1) is 0 Å². The van der Waals surface area contributed by atoms with E-state index >= 15 is 0 Å². The summed E-state index contributed by atoms with van der Waals surface area (Å²) < 4.78 is 11.1. The second kappa shape index (κ2) is 5.42. The van der Waals surface area contributed by atoms with Crippen LogP contribution >= 0.6 is 11.3 Å². The average Bonchev–Trinajstić information content (AvgIpc) is 2.85. The van der Waals surface area contributed by atoms with Crippen LogP contribution in [0.5, 0.6) is 0 Å². The summed E-state index contributed by atoms with van der Waals surface area (Å²) in [5.41, 5.74) is -0.174. The van der Waals surface area contributed by atoms with E-state index in [0.717, 1.165) is 5.01 Å². The van der Waals surface area contributed by atoms with Gasteiger partial charge in [-0.2, -0.15) is 0 Å². The molecule has 0 radical (unpaired) electrons. The Balaban J connectivity index is 2.49. The number of carbonyl (C=O) groups is 1. The predicted molar refractivity (Wildman–Crippen MR) is 76.5 cm³/mol. The van der Waals surface area contributed by atoms with Crippen LogP contribution in [0.3, 0.4) is 0 Å². The summed E-state index contributed by atoms with van der Waals surface area (Å²) in [6.45, 7) is 7.15. The molecule has 0 bridgehead atoms. The van der Waals surface area contributed by atoms with E-state index in [2.05, 4.69) is 4.98 Å². The minimum Gasteiger partial charge on any atom is -0.477 e. The number of hydrogen-bond acceptors (Lipinski definition) is 5. The van der Waals surface area contributed by atoms with Crippen molar-refractivity contribution in [3.05, 3.63) is 15.6 Å². The fourth-order valence-electron chi connectivity index (χ4n) is 2.37. The monoisotopic (exact) mass is 299 g/mol. The third-order valence-corrected chi connectivity index (χ3v) is 4.84. The van der Waals surface area contributed by atoms with Crippen LogP contribution in [-0.4, -0.2) is 36.4 Å². The number of aromatic carboxylic acids is 1. The quantitative estimate of drug-likeness (QED) is 0.929. The second-order valence-electron chi connectivity index (χ2n) is 6.06. The molecule has 20 heavy (non-hydrogen) atoms. The van der Waals surface area contributed by atoms with E-state index in [1.165, 1.54) is 11.3 Å². The summed E-state index contributed by atoms with van der Waals surface area (Å²) in [6.07, 6.45) is 1.42. The van der Waals surface area contributed by atoms with Crippen LogP contribution in [0.25, 0.3) is 0 Å². The van der Waals surface area contributed by atoms with Gasteiger partial charge < -0.3 is 14.6 Å². The maximum atomic E-state index is 11.5. The zero-order valence-electron chi connectivity index (χ0n) is 12.4. The van der Waals surface area contributed by atoms with Crippen LogP contribution in [-0.2, 0) is 20.5 Å². The molecule has 5 nitrogen and oxygen atoms in total. The summed E-state index contributed by atoms with van der Waals surface area (Å²) >= 11 is 1.23. The molecule has 0 aromatic carbocycles. The molecule has 0 spiro atoms. The molecule has 1 saturated heterocycles. The molecule has 1 aromatic rings. The average molecular weight is 299 g/mol. The number of hydrogen-bond donors (Lipinski definition) is 1. The van der Waals surface area contributed by atoms with Crippen molar-refractivity contribution in [1.29, 1.82) is 0 Å². The van der Waals surface area contributed by atoms with Gasteiger partial charge in [-0.3, -0.25) is 0 Å². The molecule has 0 atom stereocenters. The van der Waals surface area contributed by atoms with E-state index in [9.17, 15) is 9.90 Å². The molecule has 0 saturated carbocycles. The van der Waals surface area contributed by atoms with E-state index in [-0.39, 0.29) is 5.41 Å². The van der Waals surface area contributed by atoms with Gasteiger partial charge in [-0.15, -0.1) is 11.3 Å². The molecule has 1 fully saturated rings. The zero-order chi connectivity index (χ0) is 15.0. The van der Waals surface area contributed by atoms with E-state index in [1.54, 1.807) is 7.11 Å². The van der Waals surface area contributed by atoms with Crippen molar-refractivity contribution in [2.24, 2.45) is 0 Å². The Bertz CT molecular complexity index is 498. The lowest BCUT2D eigenvalue weighted by Crippen LogP contribution is -2.35. The number of rotatable bonds is 3. The van der Waals surface area contributed by atoms with Crippen molar-refractivity contribution in [3.63, 3.8) is 0 Å². The molecular weight excluding hydrogens is 278 g/mol. The lowest BCUT2D eigenvalue weighted by atomic mass is 9.90. The zero-order valence-corrected chi connectivity index (χ0v) is 13.2. The van der Waals surface area contributed by atoms with Crippen LogP contribution in [0.15, 0.2) is 0 Å². The van der Waals surface area contributed by atoms with Gasteiger partial charge in [0.1, 0.15) is 15.5 Å². The third kappa shape index (κ3) is 2.73. The van der Waals surface area contributed by atoms with Gasteiger partial charge in [0.15, 0.2) is 0 Å². The van der Waals surface area contributed by atoms with Gasteiger partial charge in [0.2, 0.25) is 0 Å². The maximum absolute atomic E-state index is 11.5. The summed E-state index contributed by atoms with van der Waals surface area (Å²) in [5.74, 6) is -0.919. The molecule has 2 heterocycles. The number of carboxylic acid groups (broad SMARTS) is 1. The van der Waals surface area contributed by atoms with Gasteiger partial charge in [0.05, 0.1) is 5.69 Å². The van der Waals surface area contributed by atoms with Gasteiger partial charge in [-0.25, -0.2) is 9.78 Å². The third-order valence-electron chi connectivity index (χ3n) is 3.61.